The van der Waals surface area contributed by atoms with Gasteiger partial charge in [-0.05, 0) is 31.5 Å². The van der Waals surface area contributed by atoms with Crippen molar-refractivity contribution in [2.75, 3.05) is 31.9 Å². The van der Waals surface area contributed by atoms with Gasteiger partial charge in [0.05, 0.1) is 22.8 Å². The Morgan fingerprint density at radius 3 is 2.29 bits per heavy atom. The predicted molar refractivity (Wildman–Crippen MR) is 135 cm³/mol. The summed E-state index contributed by atoms with van der Waals surface area (Å²) in [6.45, 7) is 8.21. The Morgan fingerprint density at radius 2 is 1.59 bits per heavy atom. The molecule has 1 aliphatic heterocycles. The molecule has 7 nitrogen and oxygen atoms in total. The fourth-order valence-electron chi connectivity index (χ4n) is 4.44. The Hall–Kier alpha value is -3.23. The molecular weight excluding hydrogens is 444 g/mol. The summed E-state index contributed by atoms with van der Waals surface area (Å²) in [5.41, 5.74) is 4.98. The number of fused-ring (bicyclic) bond motifs is 1. The fraction of sp³-hybridized carbons (Fsp3) is 0.308. The summed E-state index contributed by atoms with van der Waals surface area (Å²) in [4.78, 5) is 17.3. The number of aryl methyl sites for hydroxylation is 2. The van der Waals surface area contributed by atoms with E-state index in [0.29, 0.717) is 10.8 Å². The van der Waals surface area contributed by atoms with Gasteiger partial charge in [0.25, 0.3) is 0 Å². The lowest BCUT2D eigenvalue weighted by Crippen LogP contribution is -2.48. The molecule has 0 aliphatic carbocycles. The van der Waals surface area contributed by atoms with E-state index < -0.39 is 0 Å². The first-order chi connectivity index (χ1) is 16.6. The Balaban J connectivity index is 1.25. The molecule has 8 heteroatoms. The minimum Gasteiger partial charge on any atom is -0.339 e. The fourth-order valence-corrected chi connectivity index (χ4v) is 5.26. The Labute approximate surface area is 203 Å². The molecule has 174 valence electrons. The molecule has 1 saturated heterocycles. The number of amides is 1. The lowest BCUT2D eigenvalue weighted by Gasteiger charge is -2.34. The van der Waals surface area contributed by atoms with Crippen LogP contribution in [0, 0.1) is 13.8 Å². The number of carbonyl (C=O) groups is 1. The summed E-state index contributed by atoms with van der Waals surface area (Å²) >= 11 is 1.43. The highest BCUT2D eigenvalue weighted by Crippen LogP contribution is 2.30. The first kappa shape index (κ1) is 22.6. The average molecular weight is 473 g/mol. The zero-order chi connectivity index (χ0) is 23.5. The van der Waals surface area contributed by atoms with Crippen molar-refractivity contribution in [1.29, 1.82) is 0 Å². The number of piperazine rings is 1. The van der Waals surface area contributed by atoms with Crippen molar-refractivity contribution in [3.63, 3.8) is 0 Å². The molecule has 1 fully saturated rings. The Morgan fingerprint density at radius 1 is 0.912 bits per heavy atom. The van der Waals surface area contributed by atoms with Crippen LogP contribution in [-0.2, 0) is 11.3 Å². The summed E-state index contributed by atoms with van der Waals surface area (Å²) in [5, 5.41) is 15.3. The van der Waals surface area contributed by atoms with Gasteiger partial charge >= 0.3 is 0 Å². The Kier molecular flexibility index (Phi) is 6.60. The van der Waals surface area contributed by atoms with Crippen molar-refractivity contribution in [3.05, 3.63) is 77.6 Å². The molecular formula is C26H28N6OS. The van der Waals surface area contributed by atoms with E-state index in [2.05, 4.69) is 39.4 Å². The van der Waals surface area contributed by atoms with E-state index >= 15 is 0 Å². The maximum Gasteiger partial charge on any atom is 0.233 e. The van der Waals surface area contributed by atoms with Gasteiger partial charge in [-0.2, -0.15) is 10.2 Å². The monoisotopic (exact) mass is 472 g/mol. The van der Waals surface area contributed by atoms with Crippen LogP contribution in [0.15, 0.2) is 65.7 Å². The summed E-state index contributed by atoms with van der Waals surface area (Å²) in [6, 6.07) is 20.5. The molecule has 0 N–H and O–H groups in total. The van der Waals surface area contributed by atoms with Crippen molar-refractivity contribution in [2.45, 2.75) is 25.4 Å². The first-order valence-corrected chi connectivity index (χ1v) is 12.5. The van der Waals surface area contributed by atoms with Crippen LogP contribution in [0.4, 0.5) is 0 Å². The van der Waals surface area contributed by atoms with E-state index in [9.17, 15) is 4.79 Å². The van der Waals surface area contributed by atoms with Gasteiger partial charge in [0.15, 0.2) is 0 Å². The number of nitrogens with zero attached hydrogens (tertiary/aromatic N) is 6. The predicted octanol–water partition coefficient (Wildman–Crippen LogP) is 3.87. The summed E-state index contributed by atoms with van der Waals surface area (Å²) in [6.07, 6.45) is 0. The third kappa shape index (κ3) is 4.69. The highest BCUT2D eigenvalue weighted by atomic mass is 32.2. The van der Waals surface area contributed by atoms with E-state index in [1.54, 1.807) is 0 Å². The smallest absolute Gasteiger partial charge is 0.233 e. The lowest BCUT2D eigenvalue weighted by molar-refractivity contribution is -0.130. The van der Waals surface area contributed by atoms with Crippen LogP contribution in [0.2, 0.25) is 0 Å². The summed E-state index contributed by atoms with van der Waals surface area (Å²) in [5.74, 6) is 0.474. The number of rotatable bonds is 6. The van der Waals surface area contributed by atoms with Gasteiger partial charge < -0.3 is 4.90 Å². The number of carbonyl (C=O) groups excluding carboxylic acids is 1. The average Bonchev–Trinajstić information content (AvgIpc) is 3.23. The van der Waals surface area contributed by atoms with Gasteiger partial charge in [-0.1, -0.05) is 60.3 Å². The van der Waals surface area contributed by atoms with Crippen LogP contribution in [-0.4, -0.2) is 67.6 Å². The van der Waals surface area contributed by atoms with Gasteiger partial charge in [-0.25, -0.2) is 4.68 Å². The van der Waals surface area contributed by atoms with Gasteiger partial charge in [0.1, 0.15) is 10.5 Å². The number of hydrogen-bond donors (Lipinski definition) is 0. The standard InChI is InChI=1S/C26H28N6OS/c1-19-24-20(2)32(22-11-7-4-8-12-22)29-25(24)26(28-27-19)34-18-23(33)31-15-13-30(14-16-31)17-21-9-5-3-6-10-21/h3-12H,13-18H2,1-2H3. The molecule has 2 aromatic heterocycles. The minimum absolute atomic E-state index is 0.138. The highest BCUT2D eigenvalue weighted by Gasteiger charge is 2.23. The molecule has 0 atom stereocenters. The third-order valence-electron chi connectivity index (χ3n) is 6.28. The van der Waals surface area contributed by atoms with Crippen molar-refractivity contribution < 1.29 is 4.79 Å². The molecule has 1 aliphatic rings. The molecule has 1 amide bonds. The maximum atomic E-state index is 12.9. The van der Waals surface area contributed by atoms with Crippen LogP contribution < -0.4 is 0 Å². The van der Waals surface area contributed by atoms with Crippen molar-refractivity contribution in [1.82, 2.24) is 29.8 Å². The minimum atomic E-state index is 0.138. The van der Waals surface area contributed by atoms with Crippen LogP contribution in [0.3, 0.4) is 0 Å². The Bertz CT molecular complexity index is 1280. The number of para-hydroxylation sites is 1. The third-order valence-corrected chi connectivity index (χ3v) is 7.22. The van der Waals surface area contributed by atoms with E-state index in [1.165, 1.54) is 17.3 Å². The topological polar surface area (TPSA) is 67.2 Å². The molecule has 0 radical (unpaired) electrons. The summed E-state index contributed by atoms with van der Waals surface area (Å²) < 4.78 is 1.93. The van der Waals surface area contributed by atoms with Gasteiger partial charge in [0.2, 0.25) is 5.91 Å². The van der Waals surface area contributed by atoms with Crippen LogP contribution in [0.5, 0.6) is 0 Å². The molecule has 0 saturated carbocycles. The van der Waals surface area contributed by atoms with E-state index in [4.69, 9.17) is 5.10 Å². The van der Waals surface area contributed by atoms with Gasteiger partial charge in [0, 0.05) is 38.1 Å². The second kappa shape index (κ2) is 9.95. The highest BCUT2D eigenvalue weighted by molar-refractivity contribution is 8.00. The molecule has 0 unspecified atom stereocenters. The SMILES string of the molecule is Cc1nnc(SCC(=O)N2CCN(Cc3ccccc3)CC2)c2nn(-c3ccccc3)c(C)c12. The number of aromatic nitrogens is 4. The van der Waals surface area contributed by atoms with Crippen LogP contribution in [0.25, 0.3) is 16.6 Å². The molecule has 2 aromatic carbocycles. The van der Waals surface area contributed by atoms with E-state index in [1.807, 2.05) is 59.8 Å². The van der Waals surface area contributed by atoms with Crippen molar-refractivity contribution in [3.8, 4) is 5.69 Å². The van der Waals surface area contributed by atoms with Crippen LogP contribution in [0.1, 0.15) is 17.0 Å². The molecule has 5 rings (SSSR count). The summed E-state index contributed by atoms with van der Waals surface area (Å²) in [7, 11) is 0. The van der Waals surface area contributed by atoms with Crippen LogP contribution >= 0.6 is 11.8 Å². The zero-order valence-corrected chi connectivity index (χ0v) is 20.3. The van der Waals surface area contributed by atoms with E-state index in [0.717, 1.165) is 60.7 Å². The molecule has 3 heterocycles. The van der Waals surface area contributed by atoms with Gasteiger partial charge in [-0.3, -0.25) is 9.69 Å². The molecule has 4 aromatic rings. The van der Waals surface area contributed by atoms with Crippen molar-refractivity contribution >= 4 is 28.6 Å². The lowest BCUT2D eigenvalue weighted by atomic mass is 10.2. The first-order valence-electron chi connectivity index (χ1n) is 11.5. The second-order valence-corrected chi connectivity index (χ2v) is 9.54. The number of thioether (sulfide) groups is 1. The van der Waals surface area contributed by atoms with E-state index in [-0.39, 0.29) is 5.91 Å². The van der Waals surface area contributed by atoms with Gasteiger partial charge in [-0.15, -0.1) is 5.10 Å². The molecule has 34 heavy (non-hydrogen) atoms. The molecule has 0 bridgehead atoms. The second-order valence-electron chi connectivity index (χ2n) is 8.58. The largest absolute Gasteiger partial charge is 0.339 e. The zero-order valence-electron chi connectivity index (χ0n) is 19.5. The maximum absolute atomic E-state index is 12.9. The number of benzene rings is 2. The number of hydrogen-bond acceptors (Lipinski definition) is 6. The van der Waals surface area contributed by atoms with Crippen molar-refractivity contribution in [2.24, 2.45) is 0 Å². The quantitative estimate of drug-likeness (QED) is 0.397. The molecule has 0 spiro atoms. The normalized spacial score (nSPS) is 14.6.